The average Bonchev–Trinajstić information content (AvgIpc) is 3.15. The zero-order valence-corrected chi connectivity index (χ0v) is 18.3. The maximum Gasteiger partial charge on any atom is 0.0796 e. The van der Waals surface area contributed by atoms with Gasteiger partial charge in [-0.2, -0.15) is 0 Å². The molecule has 1 spiro atoms. The standard InChI is InChI=1S/C23H37NO6/c1-4-24-9-21(10-25)6-5-14(26)23-12-7-11-13(29-2)8-22(28,15(12)17(11)27)16(20(23)24)18(30-3)19(21)23/h11-20,25-28H,4-10H2,1-3H3/t11-,12-,13+,14+,15-,16?,17+,18+,19-,20-,21+,22-,23+/m0/s1. The summed E-state index contributed by atoms with van der Waals surface area (Å²) in [5.74, 6) is -0.480. The van der Waals surface area contributed by atoms with Crippen LogP contribution < -0.4 is 0 Å². The van der Waals surface area contributed by atoms with Gasteiger partial charge >= 0.3 is 0 Å². The minimum atomic E-state index is -1.09. The number of hydrogen-bond acceptors (Lipinski definition) is 7. The molecule has 6 rings (SSSR count). The Hall–Kier alpha value is -0.280. The molecule has 0 radical (unpaired) electrons. The van der Waals surface area contributed by atoms with Crippen LogP contribution in [0.25, 0.3) is 0 Å². The number of rotatable bonds is 4. The van der Waals surface area contributed by atoms with Crippen molar-refractivity contribution >= 4 is 0 Å². The highest BCUT2D eigenvalue weighted by Gasteiger charge is 2.86. The van der Waals surface area contributed by atoms with Crippen LogP contribution in [0.3, 0.4) is 0 Å². The third-order valence-electron chi connectivity index (χ3n) is 11.0. The summed E-state index contributed by atoms with van der Waals surface area (Å²) in [6, 6.07) is 0.000214. The van der Waals surface area contributed by atoms with Crippen LogP contribution in [0, 0.1) is 40.4 Å². The molecule has 1 unspecified atom stereocenters. The zero-order valence-electron chi connectivity index (χ0n) is 18.3. The average molecular weight is 424 g/mol. The lowest BCUT2D eigenvalue weighted by molar-refractivity contribution is -0.271. The molecular weight excluding hydrogens is 386 g/mol. The largest absolute Gasteiger partial charge is 0.396 e. The zero-order chi connectivity index (χ0) is 21.2. The van der Waals surface area contributed by atoms with Gasteiger partial charge in [0.1, 0.15) is 0 Å². The quantitative estimate of drug-likeness (QED) is 0.499. The molecule has 1 heterocycles. The van der Waals surface area contributed by atoms with E-state index in [1.54, 1.807) is 14.2 Å². The first-order valence-corrected chi connectivity index (χ1v) is 11.8. The van der Waals surface area contributed by atoms with Crippen molar-refractivity contribution < 1.29 is 29.9 Å². The van der Waals surface area contributed by atoms with E-state index in [0.29, 0.717) is 12.8 Å². The van der Waals surface area contributed by atoms with E-state index in [0.717, 1.165) is 25.9 Å². The summed E-state index contributed by atoms with van der Waals surface area (Å²) < 4.78 is 12.0. The van der Waals surface area contributed by atoms with Crippen LogP contribution in [0.5, 0.6) is 0 Å². The summed E-state index contributed by atoms with van der Waals surface area (Å²) in [4.78, 5) is 2.42. The number of methoxy groups -OCH3 is 2. The van der Waals surface area contributed by atoms with E-state index in [2.05, 4.69) is 11.8 Å². The minimum Gasteiger partial charge on any atom is -0.396 e. The highest BCUT2D eigenvalue weighted by atomic mass is 16.5. The summed E-state index contributed by atoms with van der Waals surface area (Å²) in [7, 11) is 3.40. The normalized spacial score (nSPS) is 63.3. The fraction of sp³-hybridized carbons (Fsp3) is 1.00. The van der Waals surface area contributed by atoms with Gasteiger partial charge in [0.05, 0.1) is 36.6 Å². The molecule has 0 amide bonds. The van der Waals surface area contributed by atoms with Crippen LogP contribution in [-0.2, 0) is 9.47 Å². The number of aliphatic hydroxyl groups is 4. The lowest BCUT2D eigenvalue weighted by Crippen LogP contribution is -2.76. The minimum absolute atomic E-state index is 0.000214. The Bertz CT molecular complexity index is 736. The number of fused-ring (bicyclic) bond motifs is 2. The molecular formula is C23H37NO6. The van der Waals surface area contributed by atoms with Crippen LogP contribution in [0.1, 0.15) is 32.6 Å². The van der Waals surface area contributed by atoms with Gasteiger partial charge in [-0.25, -0.2) is 0 Å². The highest BCUT2D eigenvalue weighted by molar-refractivity contribution is 5.35. The van der Waals surface area contributed by atoms with Crippen molar-refractivity contribution in [3.63, 3.8) is 0 Å². The van der Waals surface area contributed by atoms with Crippen LogP contribution in [0.2, 0.25) is 0 Å². The molecule has 1 aliphatic heterocycles. The molecule has 7 heteroatoms. The van der Waals surface area contributed by atoms with Crippen LogP contribution in [0.4, 0.5) is 0 Å². The van der Waals surface area contributed by atoms with E-state index < -0.39 is 23.2 Å². The van der Waals surface area contributed by atoms with Gasteiger partial charge < -0.3 is 29.9 Å². The Labute approximate surface area is 178 Å². The van der Waals surface area contributed by atoms with E-state index >= 15 is 0 Å². The van der Waals surface area contributed by atoms with E-state index in [9.17, 15) is 20.4 Å². The van der Waals surface area contributed by atoms with Gasteiger partial charge in [0.25, 0.3) is 0 Å². The predicted octanol–water partition coefficient (Wildman–Crippen LogP) is -0.152. The maximum atomic E-state index is 12.4. The third kappa shape index (κ3) is 1.88. The second-order valence-electron chi connectivity index (χ2n) is 11.3. The molecule has 6 fully saturated rings. The van der Waals surface area contributed by atoms with Crippen LogP contribution >= 0.6 is 0 Å². The molecule has 0 aromatic heterocycles. The third-order valence-corrected chi connectivity index (χ3v) is 11.0. The van der Waals surface area contributed by atoms with E-state index in [1.165, 1.54) is 0 Å². The molecule has 7 nitrogen and oxygen atoms in total. The van der Waals surface area contributed by atoms with Gasteiger partial charge in [0.2, 0.25) is 0 Å². The Kier molecular flexibility index (Phi) is 4.19. The van der Waals surface area contributed by atoms with Crippen LogP contribution in [0.15, 0.2) is 0 Å². The SMILES string of the molecule is CCN1C[C@@]2(CO)CC[C@@H](O)[C@@]34[C@@H]1C([C@@H](OC)[C@@H]23)[C@]1(O)C[C@@H](OC)[C@@H]2C[C@H]4[C@H]1[C@@H]2O. The first-order chi connectivity index (χ1) is 14.4. The van der Waals surface area contributed by atoms with Crippen molar-refractivity contribution in [1.82, 2.24) is 4.90 Å². The molecule has 0 aromatic rings. The second-order valence-corrected chi connectivity index (χ2v) is 11.3. The van der Waals surface area contributed by atoms with Crippen molar-refractivity contribution in [2.24, 2.45) is 40.4 Å². The first kappa shape index (κ1) is 20.3. The Balaban J connectivity index is 1.64. The number of hydrogen-bond donors (Lipinski definition) is 4. The molecule has 6 aliphatic rings. The fourth-order valence-electron chi connectivity index (χ4n) is 10.4. The molecule has 5 aliphatic carbocycles. The van der Waals surface area contributed by atoms with Gasteiger partial charge in [-0.05, 0) is 31.7 Å². The van der Waals surface area contributed by atoms with Gasteiger partial charge in [-0.3, -0.25) is 4.90 Å². The van der Waals surface area contributed by atoms with Crippen molar-refractivity contribution in [3.05, 3.63) is 0 Å². The maximum absolute atomic E-state index is 12.4. The molecule has 13 atom stereocenters. The molecule has 170 valence electrons. The van der Waals surface area contributed by atoms with E-state index in [1.807, 2.05) is 0 Å². The summed E-state index contributed by atoms with van der Waals surface area (Å²) in [5, 5.41) is 46.2. The molecule has 0 aromatic carbocycles. The molecule has 1 saturated heterocycles. The fourth-order valence-corrected chi connectivity index (χ4v) is 10.4. The predicted molar refractivity (Wildman–Crippen MR) is 107 cm³/mol. The van der Waals surface area contributed by atoms with Crippen molar-refractivity contribution in [1.29, 1.82) is 0 Å². The topological polar surface area (TPSA) is 103 Å². The van der Waals surface area contributed by atoms with Gasteiger partial charge in [-0.15, -0.1) is 0 Å². The Morgan fingerprint density at radius 1 is 1.13 bits per heavy atom. The summed E-state index contributed by atoms with van der Waals surface area (Å²) in [5.41, 5.74) is -1.89. The Morgan fingerprint density at radius 2 is 1.90 bits per heavy atom. The molecule has 5 saturated carbocycles. The Morgan fingerprint density at radius 3 is 2.53 bits per heavy atom. The van der Waals surface area contributed by atoms with E-state index in [-0.39, 0.29) is 59.9 Å². The van der Waals surface area contributed by atoms with Crippen molar-refractivity contribution in [2.75, 3.05) is 33.9 Å². The number of piperidine rings is 1. The van der Waals surface area contributed by atoms with Gasteiger partial charge in [0, 0.05) is 67.7 Å². The van der Waals surface area contributed by atoms with Gasteiger partial charge in [-0.1, -0.05) is 6.92 Å². The molecule has 30 heavy (non-hydrogen) atoms. The lowest BCUT2D eigenvalue weighted by Gasteiger charge is -2.68. The van der Waals surface area contributed by atoms with Gasteiger partial charge in [0.15, 0.2) is 0 Å². The second kappa shape index (κ2) is 6.19. The summed E-state index contributed by atoms with van der Waals surface area (Å²) >= 11 is 0. The molecule has 7 bridgehead atoms. The summed E-state index contributed by atoms with van der Waals surface area (Å²) in [6.45, 7) is 3.81. The van der Waals surface area contributed by atoms with Crippen LogP contribution in [-0.4, -0.2) is 95.3 Å². The smallest absolute Gasteiger partial charge is 0.0796 e. The summed E-state index contributed by atoms with van der Waals surface area (Å²) in [6.07, 6.45) is 1.16. The monoisotopic (exact) mass is 423 g/mol. The van der Waals surface area contributed by atoms with Crippen molar-refractivity contribution in [3.8, 4) is 0 Å². The van der Waals surface area contributed by atoms with E-state index in [4.69, 9.17) is 9.47 Å². The number of nitrogens with zero attached hydrogens (tertiary/aromatic N) is 1. The number of ether oxygens (including phenoxy) is 2. The van der Waals surface area contributed by atoms with Crippen molar-refractivity contribution in [2.45, 2.75) is 68.7 Å². The first-order valence-electron chi connectivity index (χ1n) is 11.8. The number of likely N-dealkylation sites (tertiary alicyclic amines) is 1. The number of aliphatic hydroxyl groups excluding tert-OH is 3. The lowest BCUT2D eigenvalue weighted by atomic mass is 9.43. The highest BCUT2D eigenvalue weighted by Crippen LogP contribution is 2.79. The molecule has 4 N–H and O–H groups in total.